The number of aryl methyl sites for hydroxylation is 1. The summed E-state index contributed by atoms with van der Waals surface area (Å²) < 4.78 is 3.00. The van der Waals surface area contributed by atoms with E-state index in [2.05, 4.69) is 56.7 Å². The van der Waals surface area contributed by atoms with Gasteiger partial charge in [-0.15, -0.1) is 0 Å². The number of rotatable bonds is 4. The Morgan fingerprint density at radius 1 is 1.28 bits per heavy atom. The number of imidazole rings is 1. The first-order chi connectivity index (χ1) is 8.67. The molecule has 2 aromatic rings. The Kier molecular flexibility index (Phi) is 4.19. The van der Waals surface area contributed by atoms with Gasteiger partial charge in [-0.2, -0.15) is 0 Å². The van der Waals surface area contributed by atoms with Gasteiger partial charge in [0.05, 0.1) is 5.69 Å². The highest BCUT2D eigenvalue weighted by Gasteiger charge is 2.13. The number of hydrogen-bond acceptors (Lipinski definition) is 2. The highest BCUT2D eigenvalue weighted by atomic mass is 79.9. The molecular formula is C14H18BrN3. The van der Waals surface area contributed by atoms with Crippen molar-refractivity contribution in [2.24, 2.45) is 12.8 Å². The molecule has 3 nitrogen and oxygen atoms in total. The molecule has 4 heteroatoms. The predicted molar refractivity (Wildman–Crippen MR) is 78.5 cm³/mol. The summed E-state index contributed by atoms with van der Waals surface area (Å²) in [6.45, 7) is 2.78. The first kappa shape index (κ1) is 13.3. The minimum absolute atomic E-state index is 0.617. The Balaban J connectivity index is 2.43. The minimum Gasteiger partial charge on any atom is -0.330 e. The molecule has 0 saturated heterocycles. The maximum absolute atomic E-state index is 5.60. The molecule has 0 aliphatic heterocycles. The lowest BCUT2D eigenvalue weighted by atomic mass is 10.1. The van der Waals surface area contributed by atoms with Gasteiger partial charge in [0, 0.05) is 19.0 Å². The van der Waals surface area contributed by atoms with Crippen LogP contribution in [-0.2, 0) is 19.9 Å². The fraction of sp³-hybridized carbons (Fsp3) is 0.357. The topological polar surface area (TPSA) is 43.8 Å². The molecule has 0 bridgehead atoms. The van der Waals surface area contributed by atoms with Crippen molar-refractivity contribution < 1.29 is 0 Å². The summed E-state index contributed by atoms with van der Waals surface area (Å²) in [6.07, 6.45) is 1.85. The van der Waals surface area contributed by atoms with Crippen LogP contribution in [0, 0.1) is 0 Å². The third-order valence-corrected chi connectivity index (χ3v) is 3.70. The molecule has 0 aliphatic rings. The van der Waals surface area contributed by atoms with Gasteiger partial charge in [0.2, 0.25) is 0 Å². The van der Waals surface area contributed by atoms with E-state index in [9.17, 15) is 0 Å². The van der Waals surface area contributed by atoms with Crippen molar-refractivity contribution in [3.63, 3.8) is 0 Å². The number of benzene rings is 1. The van der Waals surface area contributed by atoms with Crippen LogP contribution in [0.15, 0.2) is 28.9 Å². The van der Waals surface area contributed by atoms with Gasteiger partial charge in [-0.1, -0.05) is 31.2 Å². The van der Waals surface area contributed by atoms with Crippen LogP contribution < -0.4 is 5.73 Å². The van der Waals surface area contributed by atoms with Gasteiger partial charge in [-0.05, 0) is 34.5 Å². The molecule has 18 heavy (non-hydrogen) atoms. The summed E-state index contributed by atoms with van der Waals surface area (Å²) in [5.74, 6) is 1.01. The quantitative estimate of drug-likeness (QED) is 0.944. The van der Waals surface area contributed by atoms with E-state index in [1.165, 1.54) is 11.1 Å². The highest BCUT2D eigenvalue weighted by Crippen LogP contribution is 2.28. The standard InChI is InChI=1S/C14H18BrN3/c1-3-10-4-6-11(7-5-10)13-14(15)17-12(8-9-16)18(13)2/h4-7H,3,8-9,16H2,1-2H3. The van der Waals surface area contributed by atoms with Gasteiger partial charge in [0.25, 0.3) is 0 Å². The highest BCUT2D eigenvalue weighted by molar-refractivity contribution is 9.10. The van der Waals surface area contributed by atoms with Crippen LogP contribution in [0.2, 0.25) is 0 Å². The molecule has 0 saturated carbocycles. The van der Waals surface area contributed by atoms with Crippen LogP contribution in [-0.4, -0.2) is 16.1 Å². The lowest BCUT2D eigenvalue weighted by Gasteiger charge is -2.06. The van der Waals surface area contributed by atoms with E-state index in [0.29, 0.717) is 6.54 Å². The molecule has 0 unspecified atom stereocenters. The summed E-state index contributed by atoms with van der Waals surface area (Å²) in [4.78, 5) is 4.52. The molecule has 2 rings (SSSR count). The Hall–Kier alpha value is -1.13. The molecule has 1 aromatic carbocycles. The molecule has 0 atom stereocenters. The van der Waals surface area contributed by atoms with Gasteiger partial charge in [-0.3, -0.25) is 0 Å². The van der Waals surface area contributed by atoms with Crippen LogP contribution in [0.3, 0.4) is 0 Å². The minimum atomic E-state index is 0.617. The average Bonchev–Trinajstić information content (AvgIpc) is 2.65. The summed E-state index contributed by atoms with van der Waals surface area (Å²) in [7, 11) is 2.03. The molecule has 0 aliphatic carbocycles. The molecule has 0 spiro atoms. The van der Waals surface area contributed by atoms with Gasteiger partial charge >= 0.3 is 0 Å². The zero-order valence-electron chi connectivity index (χ0n) is 10.8. The van der Waals surface area contributed by atoms with Crippen LogP contribution in [0.5, 0.6) is 0 Å². The predicted octanol–water partition coefficient (Wildman–Crippen LogP) is 2.91. The average molecular weight is 308 g/mol. The van der Waals surface area contributed by atoms with Crippen LogP contribution in [0.25, 0.3) is 11.3 Å². The van der Waals surface area contributed by atoms with Crippen molar-refractivity contribution >= 4 is 15.9 Å². The number of nitrogens with two attached hydrogens (primary N) is 1. The lowest BCUT2D eigenvalue weighted by Crippen LogP contribution is -2.08. The van der Waals surface area contributed by atoms with Gasteiger partial charge in [0.1, 0.15) is 10.4 Å². The number of halogens is 1. The second kappa shape index (κ2) is 5.67. The van der Waals surface area contributed by atoms with E-state index < -0.39 is 0 Å². The Morgan fingerprint density at radius 3 is 2.50 bits per heavy atom. The van der Waals surface area contributed by atoms with Gasteiger partial charge < -0.3 is 10.3 Å². The lowest BCUT2D eigenvalue weighted by molar-refractivity contribution is 0.782. The SMILES string of the molecule is CCc1ccc(-c2c(Br)nc(CCN)n2C)cc1. The first-order valence-electron chi connectivity index (χ1n) is 6.17. The van der Waals surface area contributed by atoms with Crippen LogP contribution in [0.4, 0.5) is 0 Å². The normalized spacial score (nSPS) is 10.9. The van der Waals surface area contributed by atoms with Gasteiger partial charge in [-0.25, -0.2) is 4.98 Å². The fourth-order valence-corrected chi connectivity index (χ4v) is 2.77. The molecular weight excluding hydrogens is 290 g/mol. The maximum atomic E-state index is 5.60. The molecule has 1 heterocycles. The van der Waals surface area contributed by atoms with Crippen molar-refractivity contribution in [1.29, 1.82) is 0 Å². The Labute approximate surface area is 116 Å². The molecule has 2 N–H and O–H groups in total. The zero-order chi connectivity index (χ0) is 13.1. The maximum Gasteiger partial charge on any atom is 0.132 e. The Bertz CT molecular complexity index is 529. The summed E-state index contributed by atoms with van der Waals surface area (Å²) in [5, 5.41) is 0. The zero-order valence-corrected chi connectivity index (χ0v) is 12.4. The molecule has 0 radical (unpaired) electrons. The van der Waals surface area contributed by atoms with E-state index in [-0.39, 0.29) is 0 Å². The van der Waals surface area contributed by atoms with Crippen molar-refractivity contribution in [1.82, 2.24) is 9.55 Å². The third-order valence-electron chi connectivity index (χ3n) is 3.15. The summed E-state index contributed by atoms with van der Waals surface area (Å²) in [5.41, 5.74) is 9.23. The van der Waals surface area contributed by atoms with Gasteiger partial charge in [0.15, 0.2) is 0 Å². The second-order valence-corrected chi connectivity index (χ2v) is 5.07. The van der Waals surface area contributed by atoms with E-state index in [0.717, 1.165) is 29.0 Å². The smallest absolute Gasteiger partial charge is 0.132 e. The summed E-state index contributed by atoms with van der Waals surface area (Å²) >= 11 is 3.54. The van der Waals surface area contributed by atoms with Crippen molar-refractivity contribution in [2.45, 2.75) is 19.8 Å². The molecule has 0 fully saturated rings. The number of hydrogen-bond donors (Lipinski definition) is 1. The number of aromatic nitrogens is 2. The monoisotopic (exact) mass is 307 g/mol. The largest absolute Gasteiger partial charge is 0.330 e. The van der Waals surface area contributed by atoms with Crippen molar-refractivity contribution in [2.75, 3.05) is 6.54 Å². The fourth-order valence-electron chi connectivity index (χ4n) is 2.07. The van der Waals surface area contributed by atoms with E-state index >= 15 is 0 Å². The second-order valence-electron chi connectivity index (χ2n) is 4.32. The van der Waals surface area contributed by atoms with E-state index in [1.54, 1.807) is 0 Å². The number of nitrogens with zero attached hydrogens (tertiary/aromatic N) is 2. The Morgan fingerprint density at radius 2 is 1.94 bits per heavy atom. The van der Waals surface area contributed by atoms with Crippen molar-refractivity contribution in [3.05, 3.63) is 40.3 Å². The van der Waals surface area contributed by atoms with Crippen LogP contribution >= 0.6 is 15.9 Å². The third kappa shape index (κ3) is 2.49. The van der Waals surface area contributed by atoms with E-state index in [1.807, 2.05) is 7.05 Å². The molecule has 0 amide bonds. The summed E-state index contributed by atoms with van der Waals surface area (Å²) in [6, 6.07) is 8.62. The van der Waals surface area contributed by atoms with E-state index in [4.69, 9.17) is 5.73 Å². The van der Waals surface area contributed by atoms with Crippen molar-refractivity contribution in [3.8, 4) is 11.3 Å². The molecule has 96 valence electrons. The first-order valence-corrected chi connectivity index (χ1v) is 6.97. The molecule has 1 aromatic heterocycles. The van der Waals surface area contributed by atoms with Crippen LogP contribution in [0.1, 0.15) is 18.3 Å².